The fraction of sp³-hybridized carbons (Fsp3) is 0.222. The second kappa shape index (κ2) is 7.67. The lowest BCUT2D eigenvalue weighted by Crippen LogP contribution is -2.14. The number of nitrogens with zero attached hydrogens (tertiary/aromatic N) is 2. The molecule has 2 heterocycles. The molecule has 0 saturated heterocycles. The van der Waals surface area contributed by atoms with Gasteiger partial charge in [-0.3, -0.25) is 9.82 Å². The Morgan fingerprint density at radius 3 is 2.56 bits per heavy atom. The Labute approximate surface area is 158 Å². The minimum absolute atomic E-state index is 0.148. The second-order valence-corrected chi connectivity index (χ2v) is 7.47. The molecule has 0 amide bonds. The number of sulfonamides is 1. The molecule has 142 valence electrons. The highest BCUT2D eigenvalue weighted by molar-refractivity contribution is 7.92. The van der Waals surface area contributed by atoms with Crippen LogP contribution in [0, 0.1) is 13.8 Å². The van der Waals surface area contributed by atoms with Gasteiger partial charge in [-0.05, 0) is 45.0 Å². The van der Waals surface area contributed by atoms with E-state index in [0.717, 1.165) is 11.4 Å². The number of rotatable bonds is 7. The van der Waals surface area contributed by atoms with Gasteiger partial charge < -0.3 is 10.1 Å². The van der Waals surface area contributed by atoms with E-state index in [4.69, 9.17) is 4.74 Å². The highest BCUT2D eigenvalue weighted by atomic mass is 32.2. The molecule has 8 nitrogen and oxygen atoms in total. The van der Waals surface area contributed by atoms with Crippen LogP contribution in [0.2, 0.25) is 0 Å². The van der Waals surface area contributed by atoms with Gasteiger partial charge >= 0.3 is 0 Å². The fourth-order valence-corrected chi connectivity index (χ4v) is 4.08. The van der Waals surface area contributed by atoms with Crippen LogP contribution in [-0.2, 0) is 10.0 Å². The summed E-state index contributed by atoms with van der Waals surface area (Å²) in [5.74, 6) is 1.29. The molecule has 0 spiro atoms. The minimum Gasteiger partial charge on any atom is -0.492 e. The first kappa shape index (κ1) is 18.7. The van der Waals surface area contributed by atoms with Crippen molar-refractivity contribution in [3.8, 4) is 5.75 Å². The number of aromatic amines is 1. The van der Waals surface area contributed by atoms with E-state index >= 15 is 0 Å². The molecule has 0 saturated carbocycles. The van der Waals surface area contributed by atoms with E-state index in [1.54, 1.807) is 26.0 Å². The highest BCUT2D eigenvalue weighted by Gasteiger charge is 2.22. The monoisotopic (exact) mass is 387 g/mol. The number of H-pyrrole nitrogens is 1. The third kappa shape index (κ3) is 4.20. The van der Waals surface area contributed by atoms with Crippen LogP contribution in [0.25, 0.3) is 0 Å². The van der Waals surface area contributed by atoms with Crippen LogP contribution in [0.15, 0.2) is 47.5 Å². The molecule has 3 aromatic rings. The first-order valence-corrected chi connectivity index (χ1v) is 9.88. The summed E-state index contributed by atoms with van der Waals surface area (Å²) < 4.78 is 33.2. The number of nitrogens with one attached hydrogen (secondary N) is 3. The lowest BCUT2D eigenvalue weighted by atomic mass is 10.3. The summed E-state index contributed by atoms with van der Waals surface area (Å²) in [5.41, 5.74) is 2.04. The minimum atomic E-state index is -3.74. The van der Waals surface area contributed by atoms with Gasteiger partial charge in [0.2, 0.25) is 0 Å². The van der Waals surface area contributed by atoms with E-state index in [1.165, 1.54) is 6.20 Å². The molecule has 0 aliphatic heterocycles. The van der Waals surface area contributed by atoms with Crippen molar-refractivity contribution in [1.82, 2.24) is 15.2 Å². The molecule has 0 atom stereocenters. The van der Waals surface area contributed by atoms with Crippen molar-refractivity contribution in [2.75, 3.05) is 16.6 Å². The third-order valence-electron chi connectivity index (χ3n) is 3.79. The van der Waals surface area contributed by atoms with E-state index in [1.807, 2.05) is 31.2 Å². The summed E-state index contributed by atoms with van der Waals surface area (Å²) in [6.45, 7) is 5.77. The topological polar surface area (TPSA) is 109 Å². The summed E-state index contributed by atoms with van der Waals surface area (Å²) in [7, 11) is -3.74. The van der Waals surface area contributed by atoms with Gasteiger partial charge in [0.15, 0.2) is 0 Å². The predicted molar refractivity (Wildman–Crippen MR) is 104 cm³/mol. The van der Waals surface area contributed by atoms with Gasteiger partial charge in [0.1, 0.15) is 16.5 Å². The van der Waals surface area contributed by atoms with E-state index in [-0.39, 0.29) is 4.90 Å². The number of hydrogen-bond acceptors (Lipinski definition) is 6. The van der Waals surface area contributed by atoms with Crippen molar-refractivity contribution in [3.05, 3.63) is 54.0 Å². The molecule has 0 aliphatic carbocycles. The first-order valence-electron chi connectivity index (χ1n) is 8.40. The Balaban J connectivity index is 1.76. The zero-order chi connectivity index (χ0) is 19.4. The number of benzene rings is 1. The van der Waals surface area contributed by atoms with Crippen LogP contribution >= 0.6 is 0 Å². The maximum atomic E-state index is 12.6. The van der Waals surface area contributed by atoms with Crippen LogP contribution in [0.4, 0.5) is 17.2 Å². The molecular formula is C18H21N5O3S. The zero-order valence-electron chi connectivity index (χ0n) is 15.3. The van der Waals surface area contributed by atoms with Crippen molar-refractivity contribution in [3.63, 3.8) is 0 Å². The van der Waals surface area contributed by atoms with Crippen LogP contribution in [0.1, 0.15) is 18.3 Å². The van der Waals surface area contributed by atoms with Gasteiger partial charge in [-0.1, -0.05) is 12.1 Å². The van der Waals surface area contributed by atoms with E-state index < -0.39 is 10.0 Å². The number of anilines is 3. The lowest BCUT2D eigenvalue weighted by Gasteiger charge is -2.12. The Morgan fingerprint density at radius 2 is 1.93 bits per heavy atom. The van der Waals surface area contributed by atoms with Gasteiger partial charge in [-0.25, -0.2) is 13.4 Å². The second-order valence-electron chi connectivity index (χ2n) is 5.85. The molecule has 27 heavy (non-hydrogen) atoms. The Morgan fingerprint density at radius 1 is 1.15 bits per heavy atom. The zero-order valence-corrected chi connectivity index (χ0v) is 16.1. The van der Waals surface area contributed by atoms with Crippen molar-refractivity contribution in [2.45, 2.75) is 25.7 Å². The smallest absolute Gasteiger partial charge is 0.265 e. The quantitative estimate of drug-likeness (QED) is 0.573. The van der Waals surface area contributed by atoms with Crippen LogP contribution < -0.4 is 14.8 Å². The van der Waals surface area contributed by atoms with Crippen LogP contribution in [0.3, 0.4) is 0 Å². The normalized spacial score (nSPS) is 11.2. The maximum absolute atomic E-state index is 12.6. The van der Waals surface area contributed by atoms with Gasteiger partial charge in [-0.2, -0.15) is 5.10 Å². The molecule has 1 aromatic carbocycles. The van der Waals surface area contributed by atoms with Crippen LogP contribution in [0.5, 0.6) is 5.75 Å². The summed E-state index contributed by atoms with van der Waals surface area (Å²) in [6.07, 6.45) is 1.45. The molecule has 9 heteroatoms. The van der Waals surface area contributed by atoms with Crippen molar-refractivity contribution >= 4 is 27.2 Å². The Bertz CT molecular complexity index is 1010. The molecular weight excluding hydrogens is 366 g/mol. The average Bonchev–Trinajstić information content (AvgIpc) is 2.97. The number of aryl methyl sites for hydroxylation is 2. The molecule has 0 radical (unpaired) electrons. The number of aromatic nitrogens is 3. The molecule has 0 aliphatic rings. The summed E-state index contributed by atoms with van der Waals surface area (Å²) in [6, 6.07) is 10.9. The first-order chi connectivity index (χ1) is 12.9. The molecule has 0 bridgehead atoms. The van der Waals surface area contributed by atoms with Crippen molar-refractivity contribution in [2.24, 2.45) is 0 Å². The van der Waals surface area contributed by atoms with Gasteiger partial charge in [-0.15, -0.1) is 0 Å². The summed E-state index contributed by atoms with van der Waals surface area (Å²) >= 11 is 0. The predicted octanol–water partition coefficient (Wildman–Crippen LogP) is 3.36. The van der Waals surface area contributed by atoms with E-state index in [2.05, 4.69) is 25.2 Å². The Hall–Kier alpha value is -3.07. The summed E-state index contributed by atoms with van der Waals surface area (Å²) in [5, 5.41) is 9.77. The van der Waals surface area contributed by atoms with Crippen LogP contribution in [-0.4, -0.2) is 30.2 Å². The SMILES string of the molecule is CCOc1ccccc1Nc1ccc(NS(=O)(=O)c2c(C)n[nH]c2C)cn1. The summed E-state index contributed by atoms with van der Waals surface area (Å²) in [4.78, 5) is 4.42. The number of pyridine rings is 1. The van der Waals surface area contributed by atoms with Crippen molar-refractivity contribution < 1.29 is 13.2 Å². The standard InChI is InChI=1S/C18H21N5O3S/c1-4-26-16-8-6-5-7-15(16)20-17-10-9-14(11-19-17)23-27(24,25)18-12(2)21-22-13(18)3/h5-11,23H,4H2,1-3H3,(H,19,20)(H,21,22). The van der Waals surface area contributed by atoms with E-state index in [0.29, 0.717) is 29.5 Å². The lowest BCUT2D eigenvalue weighted by molar-refractivity contribution is 0.342. The maximum Gasteiger partial charge on any atom is 0.265 e. The number of para-hydroxylation sites is 2. The molecule has 0 fully saturated rings. The number of ether oxygens (including phenoxy) is 1. The third-order valence-corrected chi connectivity index (χ3v) is 5.44. The highest BCUT2D eigenvalue weighted by Crippen LogP contribution is 2.27. The molecule has 0 unspecified atom stereocenters. The van der Waals surface area contributed by atoms with E-state index in [9.17, 15) is 8.42 Å². The van der Waals surface area contributed by atoms with Gasteiger partial charge in [0.05, 0.1) is 35.6 Å². The van der Waals surface area contributed by atoms with Gasteiger partial charge in [0.25, 0.3) is 10.0 Å². The average molecular weight is 387 g/mol. The fourth-order valence-electron chi connectivity index (χ4n) is 2.66. The molecule has 3 rings (SSSR count). The Kier molecular flexibility index (Phi) is 5.31. The largest absolute Gasteiger partial charge is 0.492 e. The number of hydrogen-bond donors (Lipinski definition) is 3. The van der Waals surface area contributed by atoms with Crippen molar-refractivity contribution in [1.29, 1.82) is 0 Å². The molecule has 3 N–H and O–H groups in total. The molecule has 2 aromatic heterocycles. The van der Waals surface area contributed by atoms with Gasteiger partial charge in [0, 0.05) is 0 Å².